The van der Waals surface area contributed by atoms with E-state index in [1.807, 2.05) is 30.3 Å². The smallest absolute Gasteiger partial charge is 0.379 e. The zero-order valence-corrected chi connectivity index (χ0v) is 15.6. The van der Waals surface area contributed by atoms with Crippen molar-refractivity contribution in [2.75, 3.05) is 26.3 Å². The summed E-state index contributed by atoms with van der Waals surface area (Å²) in [6.07, 6.45) is -3.72. The van der Waals surface area contributed by atoms with Gasteiger partial charge in [-0.2, -0.15) is 13.2 Å². The molecule has 1 fully saturated rings. The van der Waals surface area contributed by atoms with Crippen LogP contribution in [0.2, 0.25) is 5.02 Å². The molecular weight excluding hydrogens is 377 g/mol. The number of ether oxygens (including phenoxy) is 1. The first-order valence-corrected chi connectivity index (χ1v) is 9.26. The molecule has 1 atom stereocenters. The summed E-state index contributed by atoms with van der Waals surface area (Å²) >= 11 is 6.03. The third kappa shape index (κ3) is 5.45. The van der Waals surface area contributed by atoms with Crippen molar-refractivity contribution in [3.63, 3.8) is 0 Å². The van der Waals surface area contributed by atoms with Crippen molar-refractivity contribution in [2.45, 2.75) is 25.3 Å². The van der Waals surface area contributed by atoms with Crippen molar-refractivity contribution < 1.29 is 17.9 Å². The quantitative estimate of drug-likeness (QED) is 0.783. The summed E-state index contributed by atoms with van der Waals surface area (Å²) in [5, 5.41) is 3.15. The average molecular weight is 399 g/mol. The fourth-order valence-corrected chi connectivity index (χ4v) is 3.52. The minimum absolute atomic E-state index is 0.0121. The van der Waals surface area contributed by atoms with Crippen LogP contribution in [-0.4, -0.2) is 37.4 Å². The molecule has 1 aliphatic rings. The first kappa shape index (κ1) is 20.1. The van der Waals surface area contributed by atoms with E-state index in [4.69, 9.17) is 16.3 Å². The largest absolute Gasteiger partial charge is 0.417 e. The van der Waals surface area contributed by atoms with E-state index in [2.05, 4.69) is 10.2 Å². The molecule has 2 aromatic carbocycles. The van der Waals surface area contributed by atoms with Crippen molar-refractivity contribution in [2.24, 2.45) is 0 Å². The molecule has 1 N–H and O–H groups in total. The van der Waals surface area contributed by atoms with Crippen LogP contribution in [0.4, 0.5) is 13.2 Å². The van der Waals surface area contributed by atoms with Crippen molar-refractivity contribution in [1.82, 2.24) is 10.2 Å². The molecule has 0 bridgehead atoms. The molecule has 0 aliphatic carbocycles. The molecule has 1 unspecified atom stereocenters. The molecule has 27 heavy (non-hydrogen) atoms. The minimum atomic E-state index is -4.46. The van der Waals surface area contributed by atoms with Crippen LogP contribution >= 0.6 is 11.6 Å². The molecule has 0 radical (unpaired) electrons. The molecule has 0 aromatic heterocycles. The first-order chi connectivity index (χ1) is 12.9. The lowest BCUT2D eigenvalue weighted by atomic mass is 10.1. The molecular formula is C20H22ClF3N2O. The second-order valence-corrected chi connectivity index (χ2v) is 6.89. The van der Waals surface area contributed by atoms with Crippen molar-refractivity contribution in [3.8, 4) is 0 Å². The predicted molar refractivity (Wildman–Crippen MR) is 99.6 cm³/mol. The van der Waals surface area contributed by atoms with Crippen LogP contribution in [0.1, 0.15) is 16.7 Å². The number of nitrogens with one attached hydrogen (secondary N) is 1. The van der Waals surface area contributed by atoms with Crippen molar-refractivity contribution >= 4 is 11.6 Å². The van der Waals surface area contributed by atoms with E-state index < -0.39 is 11.7 Å². The molecule has 1 aliphatic heterocycles. The Morgan fingerprint density at radius 2 is 1.74 bits per heavy atom. The van der Waals surface area contributed by atoms with Crippen molar-refractivity contribution in [1.29, 1.82) is 0 Å². The summed E-state index contributed by atoms with van der Waals surface area (Å²) in [4.78, 5) is 2.26. The molecule has 2 aromatic rings. The first-order valence-electron chi connectivity index (χ1n) is 8.89. The predicted octanol–water partition coefficient (Wildman–Crippen LogP) is 4.35. The maximum atomic E-state index is 13.1. The van der Waals surface area contributed by atoms with E-state index in [9.17, 15) is 13.2 Å². The van der Waals surface area contributed by atoms with Gasteiger partial charge in [0.25, 0.3) is 0 Å². The number of nitrogens with zero attached hydrogens (tertiary/aromatic N) is 1. The summed E-state index contributed by atoms with van der Waals surface area (Å²) in [5.74, 6) is 0. The summed E-state index contributed by atoms with van der Waals surface area (Å²) in [7, 11) is 0. The van der Waals surface area contributed by atoms with Crippen LogP contribution in [0, 0.1) is 0 Å². The Morgan fingerprint density at radius 1 is 1.04 bits per heavy atom. The van der Waals surface area contributed by atoms with Gasteiger partial charge in [0.1, 0.15) is 0 Å². The number of alkyl halides is 3. The highest BCUT2D eigenvalue weighted by atomic mass is 35.5. The van der Waals surface area contributed by atoms with Gasteiger partial charge in [0.15, 0.2) is 0 Å². The third-order valence-corrected chi connectivity index (χ3v) is 5.12. The summed E-state index contributed by atoms with van der Waals surface area (Å²) in [5.41, 5.74) is 0.809. The topological polar surface area (TPSA) is 24.5 Å². The molecule has 0 amide bonds. The summed E-state index contributed by atoms with van der Waals surface area (Å²) in [6, 6.07) is 14.1. The maximum Gasteiger partial charge on any atom is 0.417 e. The molecule has 7 heteroatoms. The van der Waals surface area contributed by atoms with Crippen LogP contribution in [0.5, 0.6) is 0 Å². The van der Waals surface area contributed by atoms with Crippen LogP contribution in [0.15, 0.2) is 48.5 Å². The Kier molecular flexibility index (Phi) is 6.76. The molecule has 3 rings (SSSR count). The fourth-order valence-electron chi connectivity index (χ4n) is 3.22. The van der Waals surface area contributed by atoms with Crippen molar-refractivity contribution in [3.05, 3.63) is 70.2 Å². The molecule has 1 saturated heterocycles. The lowest BCUT2D eigenvalue weighted by molar-refractivity contribution is -0.137. The normalized spacial score (nSPS) is 17.0. The zero-order chi connectivity index (χ0) is 19.3. The fraction of sp³-hybridized carbons (Fsp3) is 0.400. The lowest BCUT2D eigenvalue weighted by Gasteiger charge is -2.35. The Bertz CT molecular complexity index is 734. The van der Waals surface area contributed by atoms with Crippen LogP contribution in [0.25, 0.3) is 0 Å². The molecule has 3 nitrogen and oxygen atoms in total. The van der Waals surface area contributed by atoms with E-state index >= 15 is 0 Å². The highest BCUT2D eigenvalue weighted by Gasteiger charge is 2.33. The van der Waals surface area contributed by atoms with Gasteiger partial charge in [-0.05, 0) is 17.2 Å². The Labute approximate surface area is 162 Å². The van der Waals surface area contributed by atoms with Crippen LogP contribution < -0.4 is 5.32 Å². The number of morpholine rings is 1. The highest BCUT2D eigenvalue weighted by molar-refractivity contribution is 6.32. The van der Waals surface area contributed by atoms with Gasteiger partial charge in [0, 0.05) is 26.1 Å². The Balaban J connectivity index is 1.74. The van der Waals surface area contributed by atoms with E-state index in [1.165, 1.54) is 6.07 Å². The Hall–Kier alpha value is -1.60. The minimum Gasteiger partial charge on any atom is -0.379 e. The van der Waals surface area contributed by atoms with Gasteiger partial charge in [-0.15, -0.1) is 0 Å². The van der Waals surface area contributed by atoms with Crippen LogP contribution in [-0.2, 0) is 23.9 Å². The molecule has 1 heterocycles. The standard InChI is InChI=1S/C20H22ClF3N2O/c21-19-16(7-4-8-17(19)20(22,23)24)14-25-18(26-9-11-27-12-10-26)13-15-5-2-1-3-6-15/h1-8,18,25H,9-14H2. The number of hydrogen-bond acceptors (Lipinski definition) is 3. The SMILES string of the molecule is FC(F)(F)c1cccc(CNC(Cc2ccccc2)N2CCOCC2)c1Cl. The highest BCUT2D eigenvalue weighted by Crippen LogP contribution is 2.36. The Morgan fingerprint density at radius 3 is 2.41 bits per heavy atom. The van der Waals surface area contributed by atoms with Gasteiger partial charge < -0.3 is 4.74 Å². The number of benzene rings is 2. The maximum absolute atomic E-state index is 13.1. The van der Waals surface area contributed by atoms with E-state index in [0.29, 0.717) is 18.8 Å². The van der Waals surface area contributed by atoms with Gasteiger partial charge in [-0.3, -0.25) is 10.2 Å². The van der Waals surface area contributed by atoms with Gasteiger partial charge in [0.2, 0.25) is 0 Å². The number of rotatable bonds is 6. The van der Waals surface area contributed by atoms with E-state index in [1.54, 1.807) is 6.07 Å². The average Bonchev–Trinajstić information content (AvgIpc) is 2.66. The van der Waals surface area contributed by atoms with E-state index in [0.717, 1.165) is 31.1 Å². The molecule has 0 saturated carbocycles. The third-order valence-electron chi connectivity index (χ3n) is 4.67. The second-order valence-electron chi connectivity index (χ2n) is 6.51. The van der Waals surface area contributed by atoms with E-state index in [-0.39, 0.29) is 17.7 Å². The lowest BCUT2D eigenvalue weighted by Crippen LogP contribution is -2.51. The van der Waals surface area contributed by atoms with Gasteiger partial charge >= 0.3 is 6.18 Å². The second kappa shape index (κ2) is 9.06. The number of halogens is 4. The zero-order valence-electron chi connectivity index (χ0n) is 14.8. The van der Waals surface area contributed by atoms with Crippen LogP contribution in [0.3, 0.4) is 0 Å². The summed E-state index contributed by atoms with van der Waals surface area (Å²) in [6.45, 7) is 3.12. The summed E-state index contributed by atoms with van der Waals surface area (Å²) < 4.78 is 44.7. The molecule has 0 spiro atoms. The van der Waals surface area contributed by atoms with Gasteiger partial charge in [-0.25, -0.2) is 0 Å². The monoisotopic (exact) mass is 398 g/mol. The van der Waals surface area contributed by atoms with Gasteiger partial charge in [-0.1, -0.05) is 54.1 Å². The molecule has 146 valence electrons. The number of hydrogen-bond donors (Lipinski definition) is 1. The van der Waals surface area contributed by atoms with Gasteiger partial charge in [0.05, 0.1) is 30.0 Å².